The first kappa shape index (κ1) is 27.4. The lowest BCUT2D eigenvalue weighted by Crippen LogP contribution is -2.12. The number of carbonyl (C=O) groups is 3. The summed E-state index contributed by atoms with van der Waals surface area (Å²) in [5.41, 5.74) is 2.34. The Morgan fingerprint density at radius 3 is 2.34 bits per heavy atom. The van der Waals surface area contributed by atoms with Crippen molar-refractivity contribution in [3.05, 3.63) is 59.7 Å². The Hall–Kier alpha value is -3.81. The van der Waals surface area contributed by atoms with E-state index in [1.165, 1.54) is 0 Å². The number of carboxylic acid groups (broad SMARTS) is 2. The van der Waals surface area contributed by atoms with Crippen molar-refractivity contribution in [2.24, 2.45) is 0 Å². The number of hydrogen-bond donors (Lipinski definition) is 3. The second-order valence-corrected chi connectivity index (χ2v) is 8.03. The highest BCUT2D eigenvalue weighted by atomic mass is 16.5. The number of aryl methyl sites for hydroxylation is 1. The van der Waals surface area contributed by atoms with E-state index in [1.807, 2.05) is 24.3 Å². The van der Waals surface area contributed by atoms with Gasteiger partial charge in [-0.25, -0.2) is 0 Å². The van der Waals surface area contributed by atoms with Crippen LogP contribution in [0.25, 0.3) is 6.08 Å². The summed E-state index contributed by atoms with van der Waals surface area (Å²) in [6.07, 6.45) is 7.39. The molecule has 0 saturated carbocycles. The van der Waals surface area contributed by atoms with Gasteiger partial charge < -0.3 is 25.0 Å². The monoisotopic (exact) mass is 483 g/mol. The Balaban J connectivity index is 1.82. The van der Waals surface area contributed by atoms with E-state index in [4.69, 9.17) is 19.7 Å². The van der Waals surface area contributed by atoms with Crippen LogP contribution < -0.4 is 14.8 Å². The SMILES string of the molecule is COc1ccc(C=CCCCCOc2ccc(NC(=O)CCCC(=O)O)cc2CCC(=O)O)cc1. The molecule has 0 unspecified atom stereocenters. The molecule has 35 heavy (non-hydrogen) atoms. The lowest BCUT2D eigenvalue weighted by molar-refractivity contribution is -0.138. The molecule has 0 aliphatic carbocycles. The molecule has 0 bridgehead atoms. The normalized spacial score (nSPS) is 10.8. The molecule has 8 heteroatoms. The molecule has 3 N–H and O–H groups in total. The third kappa shape index (κ3) is 11.2. The maximum absolute atomic E-state index is 12.0. The van der Waals surface area contributed by atoms with Crippen molar-refractivity contribution in [3.63, 3.8) is 0 Å². The molecule has 0 heterocycles. The van der Waals surface area contributed by atoms with Crippen LogP contribution in [0.3, 0.4) is 0 Å². The Bertz CT molecular complexity index is 999. The smallest absolute Gasteiger partial charge is 0.303 e. The predicted molar refractivity (Wildman–Crippen MR) is 134 cm³/mol. The van der Waals surface area contributed by atoms with E-state index in [9.17, 15) is 14.4 Å². The minimum absolute atomic E-state index is 0.0530. The number of allylic oxidation sites excluding steroid dienone is 1. The van der Waals surface area contributed by atoms with Gasteiger partial charge in [0.25, 0.3) is 0 Å². The van der Waals surface area contributed by atoms with Crippen LogP contribution in [0.2, 0.25) is 0 Å². The number of carboxylic acids is 2. The Morgan fingerprint density at radius 2 is 1.66 bits per heavy atom. The fraction of sp³-hybridized carbons (Fsp3) is 0.370. The summed E-state index contributed by atoms with van der Waals surface area (Å²) in [6, 6.07) is 13.0. The van der Waals surface area contributed by atoms with Crippen LogP contribution in [0.1, 0.15) is 56.1 Å². The van der Waals surface area contributed by atoms with Gasteiger partial charge in [0.15, 0.2) is 0 Å². The molecule has 0 aromatic heterocycles. The minimum Gasteiger partial charge on any atom is -0.497 e. The fourth-order valence-corrected chi connectivity index (χ4v) is 3.34. The molecule has 2 aromatic rings. The standard InChI is InChI=1S/C27H33NO7/c1-34-23-14-10-20(11-15-23)7-4-2-3-5-18-35-24-16-13-22(19-21(24)12-17-27(32)33)28-25(29)8-6-9-26(30)31/h4,7,10-11,13-16,19H,2-3,5-6,8-9,12,17-18H2,1H3,(H,28,29)(H,30,31)(H,32,33). The third-order valence-corrected chi connectivity index (χ3v) is 5.20. The molecule has 188 valence electrons. The van der Waals surface area contributed by atoms with Gasteiger partial charge in [0.05, 0.1) is 13.7 Å². The average molecular weight is 484 g/mol. The van der Waals surface area contributed by atoms with Crippen molar-refractivity contribution >= 4 is 29.6 Å². The number of carbonyl (C=O) groups excluding carboxylic acids is 1. The summed E-state index contributed by atoms with van der Waals surface area (Å²) >= 11 is 0. The Labute approximate surface area is 205 Å². The summed E-state index contributed by atoms with van der Waals surface area (Å²) in [4.78, 5) is 33.7. The lowest BCUT2D eigenvalue weighted by atomic mass is 10.1. The van der Waals surface area contributed by atoms with Crippen molar-refractivity contribution < 1.29 is 34.1 Å². The molecule has 0 saturated heterocycles. The van der Waals surface area contributed by atoms with Crippen molar-refractivity contribution in [1.29, 1.82) is 0 Å². The van der Waals surface area contributed by atoms with E-state index < -0.39 is 11.9 Å². The zero-order valence-electron chi connectivity index (χ0n) is 20.0. The summed E-state index contributed by atoms with van der Waals surface area (Å²) in [5.74, 6) is -0.713. The minimum atomic E-state index is -0.941. The summed E-state index contributed by atoms with van der Waals surface area (Å²) in [7, 11) is 1.64. The number of unbranched alkanes of at least 4 members (excludes halogenated alkanes) is 2. The van der Waals surface area contributed by atoms with Gasteiger partial charge in [0, 0.05) is 24.9 Å². The van der Waals surface area contributed by atoms with Crippen LogP contribution in [-0.2, 0) is 20.8 Å². The van der Waals surface area contributed by atoms with Gasteiger partial charge in [-0.05, 0) is 73.6 Å². The highest BCUT2D eigenvalue weighted by Gasteiger charge is 2.10. The maximum Gasteiger partial charge on any atom is 0.303 e. The number of benzene rings is 2. The van der Waals surface area contributed by atoms with E-state index in [-0.39, 0.29) is 38.0 Å². The molecule has 0 spiro atoms. The number of methoxy groups -OCH3 is 1. The van der Waals surface area contributed by atoms with E-state index in [1.54, 1.807) is 25.3 Å². The topological polar surface area (TPSA) is 122 Å². The molecule has 2 rings (SSSR count). The molecule has 0 radical (unpaired) electrons. The van der Waals surface area contributed by atoms with E-state index in [0.717, 1.165) is 30.6 Å². The van der Waals surface area contributed by atoms with Crippen molar-refractivity contribution in [3.8, 4) is 11.5 Å². The third-order valence-electron chi connectivity index (χ3n) is 5.20. The van der Waals surface area contributed by atoms with Crippen LogP contribution in [-0.4, -0.2) is 41.8 Å². The molecule has 0 aliphatic rings. The number of rotatable bonds is 16. The number of anilines is 1. The van der Waals surface area contributed by atoms with Gasteiger partial charge in [-0.1, -0.05) is 24.3 Å². The van der Waals surface area contributed by atoms with Crippen molar-refractivity contribution in [2.45, 2.75) is 51.4 Å². The van der Waals surface area contributed by atoms with Gasteiger partial charge in [-0.3, -0.25) is 14.4 Å². The van der Waals surface area contributed by atoms with Gasteiger partial charge in [-0.15, -0.1) is 0 Å². The second-order valence-electron chi connectivity index (χ2n) is 8.03. The maximum atomic E-state index is 12.0. The summed E-state index contributed by atoms with van der Waals surface area (Å²) in [5, 5.41) is 20.5. The fourth-order valence-electron chi connectivity index (χ4n) is 3.34. The molecule has 1 amide bonds. The zero-order valence-corrected chi connectivity index (χ0v) is 20.0. The lowest BCUT2D eigenvalue weighted by Gasteiger charge is -2.13. The zero-order chi connectivity index (χ0) is 25.5. The van der Waals surface area contributed by atoms with Gasteiger partial charge >= 0.3 is 11.9 Å². The van der Waals surface area contributed by atoms with Crippen molar-refractivity contribution in [1.82, 2.24) is 0 Å². The summed E-state index contributed by atoms with van der Waals surface area (Å²) in [6.45, 7) is 0.497. The molecule has 8 nitrogen and oxygen atoms in total. The van der Waals surface area contributed by atoms with Crippen LogP contribution in [0.15, 0.2) is 48.5 Å². The molecule has 0 fully saturated rings. The highest BCUT2D eigenvalue weighted by Crippen LogP contribution is 2.25. The van der Waals surface area contributed by atoms with Crippen LogP contribution >= 0.6 is 0 Å². The number of nitrogens with one attached hydrogen (secondary N) is 1. The molecular formula is C27H33NO7. The van der Waals surface area contributed by atoms with Crippen LogP contribution in [0.5, 0.6) is 11.5 Å². The molecule has 0 atom stereocenters. The number of hydrogen-bond acceptors (Lipinski definition) is 5. The molecular weight excluding hydrogens is 450 g/mol. The Kier molecular flexibility index (Phi) is 11.9. The molecule has 2 aromatic carbocycles. The van der Waals surface area contributed by atoms with Gasteiger partial charge in [0.2, 0.25) is 5.91 Å². The van der Waals surface area contributed by atoms with Crippen molar-refractivity contribution in [2.75, 3.05) is 19.0 Å². The van der Waals surface area contributed by atoms with E-state index >= 15 is 0 Å². The largest absolute Gasteiger partial charge is 0.497 e. The predicted octanol–water partition coefficient (Wildman–Crippen LogP) is 5.17. The first-order valence-electron chi connectivity index (χ1n) is 11.7. The van der Waals surface area contributed by atoms with Gasteiger partial charge in [-0.2, -0.15) is 0 Å². The number of amides is 1. The summed E-state index contributed by atoms with van der Waals surface area (Å²) < 4.78 is 11.1. The first-order chi connectivity index (χ1) is 16.9. The highest BCUT2D eigenvalue weighted by molar-refractivity contribution is 5.91. The van der Waals surface area contributed by atoms with E-state index in [2.05, 4.69) is 17.5 Å². The average Bonchev–Trinajstić information content (AvgIpc) is 2.83. The van der Waals surface area contributed by atoms with Gasteiger partial charge in [0.1, 0.15) is 11.5 Å². The first-order valence-corrected chi connectivity index (χ1v) is 11.7. The number of aliphatic carboxylic acids is 2. The number of ether oxygens (including phenoxy) is 2. The Morgan fingerprint density at radius 1 is 0.914 bits per heavy atom. The van der Waals surface area contributed by atoms with E-state index in [0.29, 0.717) is 23.6 Å². The van der Waals surface area contributed by atoms with Crippen LogP contribution in [0, 0.1) is 0 Å². The van der Waals surface area contributed by atoms with Crippen LogP contribution in [0.4, 0.5) is 5.69 Å². The second kappa shape index (κ2) is 15.2. The quantitative estimate of drug-likeness (QED) is 0.282. The molecule has 0 aliphatic heterocycles.